The summed E-state index contributed by atoms with van der Waals surface area (Å²) in [5.74, 6) is -1.42. The Morgan fingerprint density at radius 1 is 1.23 bits per heavy atom. The third-order valence-corrected chi connectivity index (χ3v) is 6.15. The minimum atomic E-state index is -3.97. The molecule has 1 amide bonds. The fraction of sp³-hybridized carbons (Fsp3) is 0.526. The summed E-state index contributed by atoms with van der Waals surface area (Å²) < 4.78 is 42.2. The maximum Gasteiger partial charge on any atom is 0.338 e. The van der Waals surface area contributed by atoms with E-state index in [1.54, 1.807) is 0 Å². The second-order valence-electron chi connectivity index (χ2n) is 6.78. The topological polar surface area (TPSA) is 144 Å². The number of hydrogen-bond donors (Lipinski definition) is 2. The van der Waals surface area contributed by atoms with Crippen LogP contribution in [0.4, 0.5) is 0 Å². The van der Waals surface area contributed by atoms with Crippen molar-refractivity contribution in [2.75, 3.05) is 34.0 Å². The molecular formula is C19H25N3O7S. The van der Waals surface area contributed by atoms with Crippen molar-refractivity contribution in [2.45, 2.75) is 36.1 Å². The van der Waals surface area contributed by atoms with E-state index in [2.05, 4.69) is 16.1 Å². The Balaban J connectivity index is 2.07. The van der Waals surface area contributed by atoms with Gasteiger partial charge in [0.15, 0.2) is 6.61 Å². The number of rotatable bonds is 10. The Labute approximate surface area is 175 Å². The molecule has 1 saturated carbocycles. The minimum Gasteiger partial charge on any atom is -0.495 e. The third-order valence-electron chi connectivity index (χ3n) is 4.67. The molecule has 1 aromatic rings. The van der Waals surface area contributed by atoms with Crippen LogP contribution in [0, 0.1) is 11.3 Å². The van der Waals surface area contributed by atoms with Crippen molar-refractivity contribution in [3.05, 3.63) is 23.8 Å². The molecule has 10 nitrogen and oxygen atoms in total. The van der Waals surface area contributed by atoms with Gasteiger partial charge in [0.25, 0.3) is 5.91 Å². The molecule has 0 bridgehead atoms. The normalized spacial score (nSPS) is 15.2. The van der Waals surface area contributed by atoms with E-state index in [1.807, 2.05) is 0 Å². The number of carbonyl (C=O) groups excluding carboxylic acids is 2. The summed E-state index contributed by atoms with van der Waals surface area (Å²) in [7, 11) is -1.23. The zero-order valence-corrected chi connectivity index (χ0v) is 17.7. The van der Waals surface area contributed by atoms with Gasteiger partial charge in [-0.3, -0.25) is 4.79 Å². The van der Waals surface area contributed by atoms with Gasteiger partial charge < -0.3 is 19.5 Å². The van der Waals surface area contributed by atoms with E-state index < -0.39 is 34.0 Å². The van der Waals surface area contributed by atoms with Crippen LogP contribution in [0.1, 0.15) is 36.0 Å². The predicted octanol–water partition coefficient (Wildman–Crippen LogP) is 0.729. The SMILES string of the molecule is COCCNS(=O)(=O)c1cc(C(=O)OCC(=O)NC2(C#N)CCCC2)ccc1OC. The predicted molar refractivity (Wildman–Crippen MR) is 105 cm³/mol. The highest BCUT2D eigenvalue weighted by atomic mass is 32.2. The Morgan fingerprint density at radius 3 is 2.53 bits per heavy atom. The van der Waals surface area contributed by atoms with Gasteiger partial charge in [0.05, 0.1) is 25.3 Å². The molecular weight excluding hydrogens is 414 g/mol. The molecule has 1 aliphatic carbocycles. The summed E-state index contributed by atoms with van der Waals surface area (Å²) in [5.41, 5.74) is -0.981. The van der Waals surface area contributed by atoms with E-state index in [9.17, 15) is 23.3 Å². The summed E-state index contributed by atoms with van der Waals surface area (Å²) in [5, 5.41) is 11.9. The number of ether oxygens (including phenoxy) is 3. The molecule has 0 saturated heterocycles. The minimum absolute atomic E-state index is 0.0392. The highest BCUT2D eigenvalue weighted by molar-refractivity contribution is 7.89. The van der Waals surface area contributed by atoms with Crippen LogP contribution in [0.2, 0.25) is 0 Å². The summed E-state index contributed by atoms with van der Waals surface area (Å²) in [6.07, 6.45) is 2.79. The molecule has 1 aliphatic rings. The zero-order chi connectivity index (χ0) is 22.2. The van der Waals surface area contributed by atoms with Gasteiger partial charge >= 0.3 is 5.97 Å². The Bertz CT molecular complexity index is 919. The van der Waals surface area contributed by atoms with Crippen LogP contribution in [0.5, 0.6) is 5.75 Å². The van der Waals surface area contributed by atoms with Gasteiger partial charge in [-0.25, -0.2) is 17.9 Å². The largest absolute Gasteiger partial charge is 0.495 e. The summed E-state index contributed by atoms with van der Waals surface area (Å²) in [4.78, 5) is 24.2. The van der Waals surface area contributed by atoms with E-state index in [0.717, 1.165) is 18.9 Å². The molecule has 1 fully saturated rings. The Kier molecular flexibility index (Phi) is 8.16. The molecule has 0 radical (unpaired) electrons. The molecule has 2 rings (SSSR count). The highest BCUT2D eigenvalue weighted by Crippen LogP contribution is 2.29. The smallest absolute Gasteiger partial charge is 0.338 e. The lowest BCUT2D eigenvalue weighted by Gasteiger charge is -2.21. The lowest BCUT2D eigenvalue weighted by Crippen LogP contribution is -2.46. The first kappa shape index (κ1) is 23.6. The summed E-state index contributed by atoms with van der Waals surface area (Å²) >= 11 is 0. The first-order valence-electron chi connectivity index (χ1n) is 9.33. The maximum atomic E-state index is 12.5. The molecule has 1 aromatic carbocycles. The lowest BCUT2D eigenvalue weighted by atomic mass is 10.00. The number of methoxy groups -OCH3 is 2. The van der Waals surface area contributed by atoms with Crippen LogP contribution in [-0.2, 0) is 24.3 Å². The van der Waals surface area contributed by atoms with Crippen molar-refractivity contribution in [3.8, 4) is 11.8 Å². The molecule has 164 valence electrons. The number of nitrogens with one attached hydrogen (secondary N) is 2. The molecule has 0 heterocycles. The molecule has 11 heteroatoms. The number of nitrogens with zero attached hydrogens (tertiary/aromatic N) is 1. The summed E-state index contributed by atoms with van der Waals surface area (Å²) in [6.45, 7) is -0.373. The van der Waals surface area contributed by atoms with Crippen molar-refractivity contribution >= 4 is 21.9 Å². The van der Waals surface area contributed by atoms with Gasteiger partial charge in [-0.2, -0.15) is 5.26 Å². The number of hydrogen-bond acceptors (Lipinski definition) is 8. The van der Waals surface area contributed by atoms with Crippen molar-refractivity contribution < 1.29 is 32.2 Å². The first-order chi connectivity index (χ1) is 14.3. The van der Waals surface area contributed by atoms with Crippen LogP contribution in [0.3, 0.4) is 0 Å². The van der Waals surface area contributed by atoms with Crippen LogP contribution >= 0.6 is 0 Å². The van der Waals surface area contributed by atoms with E-state index in [4.69, 9.17) is 14.2 Å². The number of sulfonamides is 1. The van der Waals surface area contributed by atoms with Crippen LogP contribution in [-0.4, -0.2) is 59.8 Å². The fourth-order valence-electron chi connectivity index (χ4n) is 3.13. The molecule has 30 heavy (non-hydrogen) atoms. The average molecular weight is 439 g/mol. The lowest BCUT2D eigenvalue weighted by molar-refractivity contribution is -0.125. The van der Waals surface area contributed by atoms with Gasteiger partial charge in [-0.05, 0) is 43.9 Å². The molecule has 0 unspecified atom stereocenters. The van der Waals surface area contributed by atoms with Crippen LogP contribution in [0.15, 0.2) is 23.1 Å². The standard InChI is InChI=1S/C19H25N3O7S/c1-27-10-9-21-30(25,26)16-11-14(5-6-15(16)28-2)18(24)29-12-17(23)22-19(13-20)7-3-4-8-19/h5-6,11,21H,3-4,7-10,12H2,1-2H3,(H,22,23). The monoisotopic (exact) mass is 439 g/mol. The van der Waals surface area contributed by atoms with Crippen molar-refractivity contribution in [1.82, 2.24) is 10.0 Å². The van der Waals surface area contributed by atoms with E-state index in [1.165, 1.54) is 26.4 Å². The van der Waals surface area contributed by atoms with Gasteiger partial charge in [-0.1, -0.05) is 0 Å². The average Bonchev–Trinajstić information content (AvgIpc) is 3.20. The maximum absolute atomic E-state index is 12.5. The third kappa shape index (κ3) is 5.91. The quantitative estimate of drug-likeness (QED) is 0.401. The number of benzene rings is 1. The Morgan fingerprint density at radius 2 is 1.93 bits per heavy atom. The van der Waals surface area contributed by atoms with Crippen molar-refractivity contribution in [1.29, 1.82) is 5.26 Å². The summed E-state index contributed by atoms with van der Waals surface area (Å²) in [6, 6.07) is 5.89. The van der Waals surface area contributed by atoms with E-state index in [0.29, 0.717) is 12.8 Å². The fourth-order valence-corrected chi connectivity index (χ4v) is 4.34. The second-order valence-corrected chi connectivity index (χ2v) is 8.52. The van der Waals surface area contributed by atoms with Gasteiger partial charge in [0.1, 0.15) is 16.2 Å². The molecule has 0 spiro atoms. The molecule has 0 aromatic heterocycles. The molecule has 0 atom stereocenters. The van der Waals surface area contributed by atoms with E-state index in [-0.39, 0.29) is 29.4 Å². The second kappa shape index (κ2) is 10.4. The first-order valence-corrected chi connectivity index (χ1v) is 10.8. The zero-order valence-electron chi connectivity index (χ0n) is 16.9. The van der Waals surface area contributed by atoms with E-state index >= 15 is 0 Å². The van der Waals surface area contributed by atoms with Gasteiger partial charge in [-0.15, -0.1) is 0 Å². The number of nitriles is 1. The van der Waals surface area contributed by atoms with Gasteiger partial charge in [0, 0.05) is 13.7 Å². The Hall–Kier alpha value is -2.68. The number of esters is 1. The van der Waals surface area contributed by atoms with Crippen molar-refractivity contribution in [2.24, 2.45) is 0 Å². The van der Waals surface area contributed by atoms with Crippen molar-refractivity contribution in [3.63, 3.8) is 0 Å². The van der Waals surface area contributed by atoms with Crippen LogP contribution in [0.25, 0.3) is 0 Å². The molecule has 2 N–H and O–H groups in total. The number of carbonyl (C=O) groups is 2. The van der Waals surface area contributed by atoms with Crippen LogP contribution < -0.4 is 14.8 Å². The number of amides is 1. The highest BCUT2D eigenvalue weighted by Gasteiger charge is 2.35. The van der Waals surface area contributed by atoms with Gasteiger partial charge in [0.2, 0.25) is 10.0 Å². The molecule has 0 aliphatic heterocycles.